The van der Waals surface area contributed by atoms with Crippen LogP contribution in [0.15, 0.2) is 24.5 Å². The lowest BCUT2D eigenvalue weighted by atomic mass is 10.1. The molecule has 2 aromatic rings. The monoisotopic (exact) mass is 242 g/mol. The molecule has 2 rings (SSSR count). The van der Waals surface area contributed by atoms with Gasteiger partial charge >= 0.3 is 0 Å². The van der Waals surface area contributed by atoms with Gasteiger partial charge in [-0.15, -0.1) is 0 Å². The van der Waals surface area contributed by atoms with Crippen molar-refractivity contribution in [2.75, 3.05) is 11.6 Å². The van der Waals surface area contributed by atoms with E-state index in [-0.39, 0.29) is 0 Å². The van der Waals surface area contributed by atoms with Crippen LogP contribution in [-0.2, 0) is 0 Å². The third-order valence-electron chi connectivity index (χ3n) is 2.03. The largest absolute Gasteiger partial charge is 0.382 e. The molecule has 0 bridgehead atoms. The van der Waals surface area contributed by atoms with Gasteiger partial charge in [0.05, 0.1) is 10.0 Å². The van der Waals surface area contributed by atoms with Crippen molar-refractivity contribution in [1.29, 1.82) is 0 Å². The molecule has 78 valence electrons. The second-order valence-electron chi connectivity index (χ2n) is 3.01. The number of hydrogen-bond acceptors (Lipinski definition) is 3. The van der Waals surface area contributed by atoms with Crippen molar-refractivity contribution in [3.63, 3.8) is 0 Å². The number of imidazole rings is 1. The van der Waals surface area contributed by atoms with Gasteiger partial charge in [0, 0.05) is 5.56 Å². The molecular formula is C9H8Cl2N4. The van der Waals surface area contributed by atoms with Gasteiger partial charge < -0.3 is 11.6 Å². The van der Waals surface area contributed by atoms with Crippen molar-refractivity contribution >= 4 is 29.0 Å². The summed E-state index contributed by atoms with van der Waals surface area (Å²) in [5.41, 5.74) is 7.10. The van der Waals surface area contributed by atoms with Gasteiger partial charge in [-0.2, -0.15) is 0 Å². The Kier molecular flexibility index (Phi) is 2.46. The molecule has 0 saturated carbocycles. The molecule has 0 unspecified atom stereocenters. The Morgan fingerprint density at radius 1 is 1.20 bits per heavy atom. The van der Waals surface area contributed by atoms with E-state index in [2.05, 4.69) is 4.98 Å². The summed E-state index contributed by atoms with van der Waals surface area (Å²) in [6.07, 6.45) is 1.44. The van der Waals surface area contributed by atoms with Crippen LogP contribution in [0.5, 0.6) is 0 Å². The minimum absolute atomic E-state index is 0.383. The van der Waals surface area contributed by atoms with Crippen molar-refractivity contribution in [3.8, 4) is 11.3 Å². The molecule has 0 amide bonds. The molecule has 4 nitrogen and oxygen atoms in total. The summed E-state index contributed by atoms with van der Waals surface area (Å²) in [6.45, 7) is 0. The summed E-state index contributed by atoms with van der Waals surface area (Å²) in [5.74, 6) is 5.90. The number of halogens is 2. The number of benzene rings is 1. The molecule has 0 aliphatic rings. The normalized spacial score (nSPS) is 10.5. The minimum Gasteiger partial charge on any atom is -0.382 e. The van der Waals surface area contributed by atoms with E-state index in [1.807, 2.05) is 0 Å². The van der Waals surface area contributed by atoms with E-state index in [0.29, 0.717) is 21.6 Å². The Labute approximate surface area is 96.4 Å². The van der Waals surface area contributed by atoms with Crippen molar-refractivity contribution < 1.29 is 0 Å². The molecule has 1 heterocycles. The minimum atomic E-state index is 0.383. The third-order valence-corrected chi connectivity index (χ3v) is 2.76. The first-order valence-corrected chi connectivity index (χ1v) is 4.88. The third kappa shape index (κ3) is 1.73. The Morgan fingerprint density at radius 2 is 1.93 bits per heavy atom. The zero-order valence-electron chi connectivity index (χ0n) is 7.61. The Hall–Kier alpha value is -1.39. The molecule has 1 aromatic carbocycles. The van der Waals surface area contributed by atoms with Crippen LogP contribution in [0, 0.1) is 0 Å². The predicted octanol–water partition coefficient (Wildman–Crippen LogP) is 2.15. The van der Waals surface area contributed by atoms with Crippen LogP contribution in [0.25, 0.3) is 11.3 Å². The Morgan fingerprint density at radius 3 is 2.47 bits per heavy atom. The average Bonchev–Trinajstić information content (AvgIpc) is 2.53. The van der Waals surface area contributed by atoms with Gasteiger partial charge in [0.2, 0.25) is 0 Å². The van der Waals surface area contributed by atoms with E-state index >= 15 is 0 Å². The van der Waals surface area contributed by atoms with Crippen molar-refractivity contribution in [3.05, 3.63) is 34.6 Å². The van der Waals surface area contributed by atoms with Crippen molar-refractivity contribution in [2.45, 2.75) is 0 Å². The fraction of sp³-hybridized carbons (Fsp3) is 0. The van der Waals surface area contributed by atoms with Gasteiger partial charge in [-0.3, -0.25) is 0 Å². The van der Waals surface area contributed by atoms with Gasteiger partial charge in [-0.25, -0.2) is 9.66 Å². The highest BCUT2D eigenvalue weighted by Crippen LogP contribution is 2.29. The molecule has 0 fully saturated rings. The molecule has 15 heavy (non-hydrogen) atoms. The number of anilines is 1. The lowest BCUT2D eigenvalue weighted by molar-refractivity contribution is 1.01. The maximum atomic E-state index is 5.88. The number of nitrogens with zero attached hydrogens (tertiary/aromatic N) is 2. The number of nitrogens with two attached hydrogens (primary N) is 2. The van der Waals surface area contributed by atoms with Gasteiger partial charge in [0.1, 0.15) is 17.8 Å². The van der Waals surface area contributed by atoms with Crippen LogP contribution in [0.2, 0.25) is 10.0 Å². The first-order chi connectivity index (χ1) is 7.09. The molecule has 0 saturated heterocycles. The fourth-order valence-electron chi connectivity index (χ4n) is 1.24. The van der Waals surface area contributed by atoms with E-state index < -0.39 is 0 Å². The molecule has 6 heteroatoms. The average molecular weight is 243 g/mol. The van der Waals surface area contributed by atoms with Gasteiger partial charge in [0.15, 0.2) is 0 Å². The number of aromatic nitrogens is 2. The zero-order chi connectivity index (χ0) is 11.0. The topological polar surface area (TPSA) is 69.9 Å². The molecule has 0 aliphatic heterocycles. The fourth-order valence-corrected chi connectivity index (χ4v) is 1.53. The number of rotatable bonds is 1. The van der Waals surface area contributed by atoms with Gasteiger partial charge in [-0.05, 0) is 12.1 Å². The lowest BCUT2D eigenvalue weighted by Gasteiger charge is -2.02. The second kappa shape index (κ2) is 3.64. The van der Waals surface area contributed by atoms with Gasteiger partial charge in [0.25, 0.3) is 0 Å². The molecule has 4 N–H and O–H groups in total. The lowest BCUT2D eigenvalue weighted by Crippen LogP contribution is -2.09. The standard InChI is InChI=1S/C9H8Cl2N4/c10-6-2-1-5(3-7(6)11)8-9(12)15(13)4-14-8/h1-4H,12-13H2. The summed E-state index contributed by atoms with van der Waals surface area (Å²) in [5, 5.41) is 0.950. The van der Waals surface area contributed by atoms with Gasteiger partial charge in [-0.1, -0.05) is 29.3 Å². The maximum absolute atomic E-state index is 5.88. The molecule has 0 radical (unpaired) electrons. The quantitative estimate of drug-likeness (QED) is 0.754. The van der Waals surface area contributed by atoms with E-state index in [1.165, 1.54) is 11.0 Å². The van der Waals surface area contributed by atoms with Crippen LogP contribution in [-0.4, -0.2) is 9.66 Å². The smallest absolute Gasteiger partial charge is 0.150 e. The molecule has 1 aromatic heterocycles. The van der Waals surface area contributed by atoms with Crippen LogP contribution in [0.1, 0.15) is 0 Å². The summed E-state index contributed by atoms with van der Waals surface area (Å²) < 4.78 is 1.25. The zero-order valence-corrected chi connectivity index (χ0v) is 9.13. The van der Waals surface area contributed by atoms with Crippen LogP contribution < -0.4 is 11.6 Å². The molecule has 0 atom stereocenters. The summed E-state index contributed by atoms with van der Waals surface area (Å²) >= 11 is 11.7. The molecule has 0 spiro atoms. The van der Waals surface area contributed by atoms with E-state index in [9.17, 15) is 0 Å². The summed E-state index contributed by atoms with van der Waals surface area (Å²) in [4.78, 5) is 4.07. The van der Waals surface area contributed by atoms with E-state index in [0.717, 1.165) is 5.56 Å². The van der Waals surface area contributed by atoms with Crippen molar-refractivity contribution in [2.24, 2.45) is 0 Å². The second-order valence-corrected chi connectivity index (χ2v) is 3.83. The molecule has 0 aliphatic carbocycles. The molecular weight excluding hydrogens is 235 g/mol. The summed E-state index contributed by atoms with van der Waals surface area (Å²) in [7, 11) is 0. The predicted molar refractivity (Wildman–Crippen MR) is 62.2 cm³/mol. The number of nitrogen functional groups attached to an aromatic ring is 2. The maximum Gasteiger partial charge on any atom is 0.150 e. The highest BCUT2D eigenvalue weighted by molar-refractivity contribution is 6.42. The van der Waals surface area contributed by atoms with Crippen LogP contribution >= 0.6 is 23.2 Å². The highest BCUT2D eigenvalue weighted by atomic mass is 35.5. The highest BCUT2D eigenvalue weighted by Gasteiger charge is 2.09. The van der Waals surface area contributed by atoms with Crippen molar-refractivity contribution in [1.82, 2.24) is 9.66 Å². The first-order valence-electron chi connectivity index (χ1n) is 4.13. The van der Waals surface area contributed by atoms with Crippen LogP contribution in [0.3, 0.4) is 0 Å². The first kappa shape index (κ1) is 10.1. The SMILES string of the molecule is Nc1c(-c2ccc(Cl)c(Cl)c2)ncn1N. The summed E-state index contributed by atoms with van der Waals surface area (Å²) in [6, 6.07) is 5.17. The Balaban J connectivity index is 2.55. The van der Waals surface area contributed by atoms with E-state index in [1.54, 1.807) is 18.2 Å². The van der Waals surface area contributed by atoms with E-state index in [4.69, 9.17) is 34.8 Å². The Bertz CT molecular complexity index is 507. The number of hydrogen-bond donors (Lipinski definition) is 2. The van der Waals surface area contributed by atoms with Crippen LogP contribution in [0.4, 0.5) is 5.82 Å².